The fourth-order valence-electron chi connectivity index (χ4n) is 5.63. The number of aliphatic hydroxyl groups excluding tert-OH is 2. The third-order valence-corrected chi connectivity index (χ3v) is 7.45. The van der Waals surface area contributed by atoms with E-state index in [4.69, 9.17) is 5.73 Å². The van der Waals surface area contributed by atoms with Crippen LogP contribution >= 0.6 is 0 Å². The summed E-state index contributed by atoms with van der Waals surface area (Å²) in [5, 5.41) is 25.4. The SMILES string of the molecule is N[C@@H](Cc1ccccc1)[C@@H](O)C[C@]1(Cc2ccccc2)NC=C([C@H]2c3ccccc3C[C@H]2O)C1=O. The molecule has 35 heavy (non-hydrogen) atoms. The lowest BCUT2D eigenvalue weighted by atomic mass is 9.76. The number of hydrogen-bond acceptors (Lipinski definition) is 5. The molecular formula is C30H32N2O3. The average Bonchev–Trinajstić information content (AvgIpc) is 3.35. The van der Waals surface area contributed by atoms with Crippen LogP contribution in [-0.2, 0) is 24.1 Å². The number of rotatable bonds is 8. The first-order valence-electron chi connectivity index (χ1n) is 12.3. The molecule has 5 atom stereocenters. The van der Waals surface area contributed by atoms with Crippen LogP contribution in [0.25, 0.3) is 0 Å². The maximum atomic E-state index is 14.1. The minimum absolute atomic E-state index is 0.0759. The Bertz CT molecular complexity index is 1210. The summed E-state index contributed by atoms with van der Waals surface area (Å²) in [6.45, 7) is 0. The highest BCUT2D eigenvalue weighted by Crippen LogP contribution is 2.43. The Kier molecular flexibility index (Phi) is 6.56. The molecule has 2 aliphatic rings. The highest BCUT2D eigenvalue weighted by Gasteiger charge is 2.49. The second kappa shape index (κ2) is 9.78. The van der Waals surface area contributed by atoms with Gasteiger partial charge in [-0.15, -0.1) is 0 Å². The standard InChI is InChI=1S/C30H32N2O3/c31-25(15-20-9-3-1-4-10-20)27(34)18-30(17-21-11-5-2-6-12-21)29(35)24(19-32-30)28-23-14-8-7-13-22(23)16-26(28)33/h1-14,19,25-28,32-34H,15-18,31H2/t25-,26+,27-,28+,30-/m0/s1. The van der Waals surface area contributed by atoms with Crippen molar-refractivity contribution in [2.45, 2.75) is 55.4 Å². The number of Topliss-reactive ketones (excluding diaryl/α,β-unsaturated/α-hetero) is 1. The number of fused-ring (bicyclic) bond motifs is 1. The number of aliphatic hydroxyl groups is 2. The van der Waals surface area contributed by atoms with E-state index in [9.17, 15) is 15.0 Å². The largest absolute Gasteiger partial charge is 0.392 e. The topological polar surface area (TPSA) is 95.6 Å². The van der Waals surface area contributed by atoms with Crippen LogP contribution < -0.4 is 11.1 Å². The molecule has 0 bridgehead atoms. The van der Waals surface area contributed by atoms with Gasteiger partial charge in [0.1, 0.15) is 5.54 Å². The molecule has 5 nitrogen and oxygen atoms in total. The van der Waals surface area contributed by atoms with E-state index in [1.165, 1.54) is 0 Å². The Morgan fingerprint density at radius 3 is 2.29 bits per heavy atom. The summed E-state index contributed by atoms with van der Waals surface area (Å²) in [6.07, 6.45) is 1.88. The molecule has 0 aromatic heterocycles. The minimum Gasteiger partial charge on any atom is -0.392 e. The lowest BCUT2D eigenvalue weighted by Gasteiger charge is -2.34. The van der Waals surface area contributed by atoms with Gasteiger partial charge in [-0.3, -0.25) is 4.79 Å². The van der Waals surface area contributed by atoms with Gasteiger partial charge in [0, 0.05) is 36.6 Å². The van der Waals surface area contributed by atoms with Gasteiger partial charge in [-0.05, 0) is 35.1 Å². The summed E-state index contributed by atoms with van der Waals surface area (Å²) in [6, 6.07) is 27.1. The van der Waals surface area contributed by atoms with Crippen molar-refractivity contribution in [3.63, 3.8) is 0 Å². The lowest BCUT2D eigenvalue weighted by molar-refractivity contribution is -0.122. The fourth-order valence-corrected chi connectivity index (χ4v) is 5.63. The summed E-state index contributed by atoms with van der Waals surface area (Å²) in [5.74, 6) is -0.452. The van der Waals surface area contributed by atoms with Crippen molar-refractivity contribution < 1.29 is 15.0 Å². The average molecular weight is 469 g/mol. The van der Waals surface area contributed by atoms with E-state index < -0.39 is 23.8 Å². The van der Waals surface area contributed by atoms with Crippen LogP contribution in [0.5, 0.6) is 0 Å². The number of ketones is 1. The van der Waals surface area contributed by atoms with Gasteiger partial charge >= 0.3 is 0 Å². The van der Waals surface area contributed by atoms with Gasteiger partial charge in [0.25, 0.3) is 0 Å². The van der Waals surface area contributed by atoms with E-state index in [2.05, 4.69) is 5.32 Å². The Morgan fingerprint density at radius 2 is 1.57 bits per heavy atom. The number of carbonyl (C=O) groups excluding carboxylic acids is 1. The van der Waals surface area contributed by atoms with Crippen molar-refractivity contribution in [2.24, 2.45) is 5.73 Å². The zero-order chi connectivity index (χ0) is 24.4. The summed E-state index contributed by atoms with van der Waals surface area (Å²) in [4.78, 5) is 14.1. The maximum absolute atomic E-state index is 14.1. The first kappa shape index (κ1) is 23.5. The van der Waals surface area contributed by atoms with Crippen LogP contribution in [0.1, 0.15) is 34.6 Å². The van der Waals surface area contributed by atoms with Crippen LogP contribution in [0.15, 0.2) is 96.7 Å². The zero-order valence-corrected chi connectivity index (χ0v) is 19.7. The Hall–Kier alpha value is -3.25. The first-order valence-corrected chi connectivity index (χ1v) is 12.3. The number of hydrogen-bond donors (Lipinski definition) is 4. The molecule has 0 saturated heterocycles. The molecule has 0 amide bonds. The number of benzene rings is 3. The molecule has 5 N–H and O–H groups in total. The molecule has 0 spiro atoms. The Labute approximate surface area is 206 Å². The van der Waals surface area contributed by atoms with Crippen LogP contribution in [0, 0.1) is 0 Å². The van der Waals surface area contributed by atoms with E-state index in [1.807, 2.05) is 84.9 Å². The smallest absolute Gasteiger partial charge is 0.186 e. The van der Waals surface area contributed by atoms with Gasteiger partial charge < -0.3 is 21.3 Å². The first-order chi connectivity index (χ1) is 17.0. The molecular weight excluding hydrogens is 436 g/mol. The highest BCUT2D eigenvalue weighted by atomic mass is 16.3. The van der Waals surface area contributed by atoms with E-state index in [1.54, 1.807) is 6.20 Å². The normalized spacial score (nSPS) is 25.0. The molecule has 0 fully saturated rings. The third-order valence-electron chi connectivity index (χ3n) is 7.45. The van der Waals surface area contributed by atoms with E-state index in [-0.39, 0.29) is 18.1 Å². The number of nitrogens with one attached hydrogen (secondary N) is 1. The molecule has 1 heterocycles. The lowest BCUT2D eigenvalue weighted by Crippen LogP contribution is -2.53. The van der Waals surface area contributed by atoms with Crippen molar-refractivity contribution in [3.8, 4) is 0 Å². The van der Waals surface area contributed by atoms with Crippen LogP contribution in [0.4, 0.5) is 0 Å². The van der Waals surface area contributed by atoms with Crippen molar-refractivity contribution in [3.05, 3.63) is 119 Å². The number of carbonyl (C=O) groups is 1. The molecule has 1 aliphatic heterocycles. The molecule has 180 valence electrons. The minimum atomic E-state index is -1.03. The van der Waals surface area contributed by atoms with E-state index >= 15 is 0 Å². The molecule has 5 rings (SSSR count). The van der Waals surface area contributed by atoms with Crippen LogP contribution in [-0.4, -0.2) is 39.8 Å². The number of nitrogens with two attached hydrogens (primary N) is 1. The predicted octanol–water partition coefficient (Wildman–Crippen LogP) is 3.05. The summed E-state index contributed by atoms with van der Waals surface area (Å²) < 4.78 is 0. The highest BCUT2D eigenvalue weighted by molar-refractivity contribution is 6.06. The van der Waals surface area contributed by atoms with Crippen LogP contribution in [0.2, 0.25) is 0 Å². The van der Waals surface area contributed by atoms with Crippen molar-refractivity contribution in [1.29, 1.82) is 0 Å². The molecule has 0 unspecified atom stereocenters. The molecule has 1 aliphatic carbocycles. The van der Waals surface area contributed by atoms with Gasteiger partial charge in [0.15, 0.2) is 5.78 Å². The summed E-state index contributed by atoms with van der Waals surface area (Å²) in [5.41, 5.74) is 10.1. The predicted molar refractivity (Wildman–Crippen MR) is 137 cm³/mol. The quantitative estimate of drug-likeness (QED) is 0.408. The van der Waals surface area contributed by atoms with Crippen molar-refractivity contribution >= 4 is 5.78 Å². The molecule has 3 aromatic rings. The molecule has 0 radical (unpaired) electrons. The maximum Gasteiger partial charge on any atom is 0.186 e. The van der Waals surface area contributed by atoms with Gasteiger partial charge in [-0.25, -0.2) is 0 Å². The van der Waals surface area contributed by atoms with Crippen molar-refractivity contribution in [1.82, 2.24) is 5.32 Å². The van der Waals surface area contributed by atoms with Crippen LogP contribution in [0.3, 0.4) is 0 Å². The second-order valence-electron chi connectivity index (χ2n) is 9.89. The summed E-state index contributed by atoms with van der Waals surface area (Å²) in [7, 11) is 0. The van der Waals surface area contributed by atoms with Gasteiger partial charge in [0.05, 0.1) is 12.2 Å². The monoisotopic (exact) mass is 468 g/mol. The zero-order valence-electron chi connectivity index (χ0n) is 19.7. The van der Waals surface area contributed by atoms with Gasteiger partial charge in [0.2, 0.25) is 0 Å². The van der Waals surface area contributed by atoms with E-state index in [0.29, 0.717) is 24.8 Å². The van der Waals surface area contributed by atoms with E-state index in [0.717, 1.165) is 22.3 Å². The molecule has 3 aromatic carbocycles. The second-order valence-corrected chi connectivity index (χ2v) is 9.89. The molecule has 5 heteroatoms. The third kappa shape index (κ3) is 4.67. The Balaban J connectivity index is 1.41. The van der Waals surface area contributed by atoms with Gasteiger partial charge in [-0.2, -0.15) is 0 Å². The summed E-state index contributed by atoms with van der Waals surface area (Å²) >= 11 is 0. The van der Waals surface area contributed by atoms with Gasteiger partial charge in [-0.1, -0.05) is 84.9 Å². The van der Waals surface area contributed by atoms with Crippen molar-refractivity contribution in [2.75, 3.05) is 0 Å². The fraction of sp³-hybridized carbons (Fsp3) is 0.300. The molecule has 0 saturated carbocycles. The Morgan fingerprint density at radius 1 is 0.943 bits per heavy atom.